The van der Waals surface area contributed by atoms with E-state index in [0.717, 1.165) is 54.4 Å². The molecule has 1 aromatic heterocycles. The number of nitrogens with zero attached hydrogens (tertiary/aromatic N) is 3. The Morgan fingerprint density at radius 2 is 1.96 bits per heavy atom. The van der Waals surface area contributed by atoms with Crippen LogP contribution in [0.2, 0.25) is 0 Å². The number of aryl methyl sites for hydroxylation is 2. The van der Waals surface area contributed by atoms with Crippen LogP contribution < -0.4 is 10.2 Å². The molecule has 1 aliphatic rings. The Bertz CT molecular complexity index is 973. The quantitative estimate of drug-likeness (QED) is 0.773. The fourth-order valence-corrected chi connectivity index (χ4v) is 3.51. The Morgan fingerprint density at radius 1 is 1.19 bits per heavy atom. The number of ether oxygens (including phenoxy) is 1. The summed E-state index contributed by atoms with van der Waals surface area (Å²) in [6.45, 7) is 5.68. The molecule has 0 radical (unpaired) electrons. The monoisotopic (exact) mass is 364 g/mol. The number of hydrogen-bond acceptors (Lipinski definition) is 4. The molecule has 2 aromatic carbocycles. The molecule has 0 bridgehead atoms. The number of hydrogen-bond donors (Lipinski definition) is 1. The Labute approximate surface area is 158 Å². The van der Waals surface area contributed by atoms with Crippen LogP contribution in [0.4, 0.5) is 5.69 Å². The van der Waals surface area contributed by atoms with Crippen LogP contribution in [0, 0.1) is 6.92 Å². The number of carbonyl (C=O) groups is 1. The third-order valence-electron chi connectivity index (χ3n) is 5.15. The SMILES string of the molecule is Cc1nc2cc(C(=O)NCc3ccccc3N3CCOCC3)ccc2n1C. The molecular formula is C21H24N4O2. The van der Waals surface area contributed by atoms with Crippen LogP contribution in [0.3, 0.4) is 0 Å². The van der Waals surface area contributed by atoms with Gasteiger partial charge in [-0.15, -0.1) is 0 Å². The molecule has 1 aliphatic heterocycles. The summed E-state index contributed by atoms with van der Waals surface area (Å²) in [4.78, 5) is 19.5. The van der Waals surface area contributed by atoms with Gasteiger partial charge in [-0.25, -0.2) is 4.98 Å². The van der Waals surface area contributed by atoms with Crippen molar-refractivity contribution < 1.29 is 9.53 Å². The van der Waals surface area contributed by atoms with Gasteiger partial charge < -0.3 is 19.5 Å². The van der Waals surface area contributed by atoms with Gasteiger partial charge >= 0.3 is 0 Å². The zero-order chi connectivity index (χ0) is 18.8. The van der Waals surface area contributed by atoms with Crippen molar-refractivity contribution in [1.29, 1.82) is 0 Å². The molecule has 4 rings (SSSR count). The largest absolute Gasteiger partial charge is 0.378 e. The van der Waals surface area contributed by atoms with Crippen LogP contribution >= 0.6 is 0 Å². The molecule has 3 aromatic rings. The fourth-order valence-electron chi connectivity index (χ4n) is 3.51. The van der Waals surface area contributed by atoms with Crippen molar-refractivity contribution >= 4 is 22.6 Å². The second-order valence-corrected chi connectivity index (χ2v) is 6.83. The minimum absolute atomic E-state index is 0.0861. The number of fused-ring (bicyclic) bond motifs is 1. The number of benzene rings is 2. The van der Waals surface area contributed by atoms with Crippen molar-refractivity contribution in [3.05, 3.63) is 59.4 Å². The topological polar surface area (TPSA) is 59.4 Å². The molecule has 1 N–H and O–H groups in total. The summed E-state index contributed by atoms with van der Waals surface area (Å²) in [6.07, 6.45) is 0. The predicted molar refractivity (Wildman–Crippen MR) is 106 cm³/mol. The maximum absolute atomic E-state index is 12.7. The lowest BCUT2D eigenvalue weighted by Crippen LogP contribution is -2.37. The molecule has 6 nitrogen and oxygen atoms in total. The van der Waals surface area contributed by atoms with Gasteiger partial charge in [0.15, 0.2) is 0 Å². The van der Waals surface area contributed by atoms with Crippen LogP contribution in [0.5, 0.6) is 0 Å². The molecule has 2 heterocycles. The van der Waals surface area contributed by atoms with Gasteiger partial charge in [-0.05, 0) is 36.8 Å². The highest BCUT2D eigenvalue weighted by atomic mass is 16.5. The van der Waals surface area contributed by atoms with Crippen molar-refractivity contribution in [1.82, 2.24) is 14.9 Å². The maximum Gasteiger partial charge on any atom is 0.251 e. The summed E-state index contributed by atoms with van der Waals surface area (Å²) < 4.78 is 7.47. The number of amides is 1. The molecule has 140 valence electrons. The molecule has 0 aliphatic carbocycles. The average Bonchev–Trinajstić information content (AvgIpc) is 3.00. The van der Waals surface area contributed by atoms with Gasteiger partial charge in [0.25, 0.3) is 5.91 Å². The third kappa shape index (κ3) is 3.53. The van der Waals surface area contributed by atoms with Gasteiger partial charge in [-0.1, -0.05) is 18.2 Å². The van der Waals surface area contributed by atoms with Crippen LogP contribution in [-0.4, -0.2) is 41.8 Å². The lowest BCUT2D eigenvalue weighted by Gasteiger charge is -2.30. The Balaban J connectivity index is 1.49. The molecule has 6 heteroatoms. The van der Waals surface area contributed by atoms with E-state index < -0.39 is 0 Å². The van der Waals surface area contributed by atoms with Crippen molar-refractivity contribution in [2.24, 2.45) is 7.05 Å². The van der Waals surface area contributed by atoms with E-state index in [2.05, 4.69) is 27.3 Å². The first-order valence-electron chi connectivity index (χ1n) is 9.25. The van der Waals surface area contributed by atoms with E-state index in [1.807, 2.05) is 48.9 Å². The number of carbonyl (C=O) groups excluding carboxylic acids is 1. The second-order valence-electron chi connectivity index (χ2n) is 6.83. The van der Waals surface area contributed by atoms with E-state index >= 15 is 0 Å². The van der Waals surface area contributed by atoms with E-state index in [1.54, 1.807) is 0 Å². The molecule has 1 saturated heterocycles. The van der Waals surface area contributed by atoms with Gasteiger partial charge in [-0.3, -0.25) is 4.79 Å². The molecule has 27 heavy (non-hydrogen) atoms. The van der Waals surface area contributed by atoms with Gasteiger partial charge in [0, 0.05) is 37.9 Å². The van der Waals surface area contributed by atoms with E-state index in [1.165, 1.54) is 0 Å². The van der Waals surface area contributed by atoms with Crippen molar-refractivity contribution in [3.63, 3.8) is 0 Å². The lowest BCUT2D eigenvalue weighted by atomic mass is 10.1. The lowest BCUT2D eigenvalue weighted by molar-refractivity contribution is 0.0951. The second kappa shape index (κ2) is 7.40. The Hall–Kier alpha value is -2.86. The Kier molecular flexibility index (Phi) is 4.81. The summed E-state index contributed by atoms with van der Waals surface area (Å²) in [5.74, 6) is 0.846. The first-order valence-corrected chi connectivity index (χ1v) is 9.25. The zero-order valence-corrected chi connectivity index (χ0v) is 15.7. The molecule has 1 fully saturated rings. The summed E-state index contributed by atoms with van der Waals surface area (Å²) in [6, 6.07) is 13.9. The highest BCUT2D eigenvalue weighted by Gasteiger charge is 2.15. The Morgan fingerprint density at radius 3 is 2.78 bits per heavy atom. The zero-order valence-electron chi connectivity index (χ0n) is 15.7. The molecule has 0 atom stereocenters. The highest BCUT2D eigenvalue weighted by molar-refractivity contribution is 5.97. The average molecular weight is 364 g/mol. The summed E-state index contributed by atoms with van der Waals surface area (Å²) >= 11 is 0. The standard InChI is InChI=1S/C21H24N4O2/c1-15-23-18-13-16(7-8-20(18)24(15)2)21(26)22-14-17-5-3-4-6-19(17)25-9-11-27-12-10-25/h3-8,13H,9-12,14H2,1-2H3,(H,22,26). The van der Waals surface area contributed by atoms with Crippen LogP contribution in [0.25, 0.3) is 11.0 Å². The highest BCUT2D eigenvalue weighted by Crippen LogP contribution is 2.22. The predicted octanol–water partition coefficient (Wildman–Crippen LogP) is 2.65. The van der Waals surface area contributed by atoms with Gasteiger partial charge in [0.1, 0.15) is 5.82 Å². The first-order chi connectivity index (χ1) is 13.1. The van der Waals surface area contributed by atoms with E-state index in [4.69, 9.17) is 4.74 Å². The van der Waals surface area contributed by atoms with Crippen molar-refractivity contribution in [2.45, 2.75) is 13.5 Å². The number of nitrogens with one attached hydrogen (secondary N) is 1. The molecule has 0 saturated carbocycles. The maximum atomic E-state index is 12.7. The summed E-state index contributed by atoms with van der Waals surface area (Å²) in [7, 11) is 1.98. The third-order valence-corrected chi connectivity index (χ3v) is 5.15. The van der Waals surface area contributed by atoms with Crippen molar-refractivity contribution in [2.75, 3.05) is 31.2 Å². The number of imidazole rings is 1. The number of rotatable bonds is 4. The van der Waals surface area contributed by atoms with E-state index in [9.17, 15) is 4.79 Å². The molecular weight excluding hydrogens is 340 g/mol. The van der Waals surface area contributed by atoms with Gasteiger partial charge in [-0.2, -0.15) is 0 Å². The van der Waals surface area contributed by atoms with E-state index in [-0.39, 0.29) is 5.91 Å². The smallest absolute Gasteiger partial charge is 0.251 e. The molecule has 1 amide bonds. The van der Waals surface area contributed by atoms with Crippen molar-refractivity contribution in [3.8, 4) is 0 Å². The van der Waals surface area contributed by atoms with E-state index in [0.29, 0.717) is 12.1 Å². The number of para-hydroxylation sites is 1. The summed E-state index contributed by atoms with van der Waals surface area (Å²) in [5, 5.41) is 3.05. The summed E-state index contributed by atoms with van der Waals surface area (Å²) in [5.41, 5.74) is 4.78. The fraction of sp³-hybridized carbons (Fsp3) is 0.333. The molecule has 0 unspecified atom stereocenters. The minimum atomic E-state index is -0.0861. The minimum Gasteiger partial charge on any atom is -0.378 e. The van der Waals surface area contributed by atoms with Crippen LogP contribution in [0.1, 0.15) is 21.7 Å². The number of morpholine rings is 1. The van der Waals surface area contributed by atoms with Gasteiger partial charge in [0.2, 0.25) is 0 Å². The van der Waals surface area contributed by atoms with Crippen LogP contribution in [-0.2, 0) is 18.3 Å². The molecule has 0 spiro atoms. The number of anilines is 1. The number of aromatic nitrogens is 2. The van der Waals surface area contributed by atoms with Gasteiger partial charge in [0.05, 0.1) is 24.2 Å². The normalized spacial score (nSPS) is 14.5. The first kappa shape index (κ1) is 17.5. The van der Waals surface area contributed by atoms with Crippen LogP contribution in [0.15, 0.2) is 42.5 Å².